The van der Waals surface area contributed by atoms with E-state index in [1.54, 1.807) is 18.0 Å². The molecule has 0 aliphatic carbocycles. The number of nitrogens with zero attached hydrogens (tertiary/aromatic N) is 3. The van der Waals surface area contributed by atoms with Crippen molar-refractivity contribution in [1.29, 1.82) is 0 Å². The third-order valence-electron chi connectivity index (χ3n) is 6.83. The minimum atomic E-state index is -0.725. The fraction of sp³-hybridized carbons (Fsp3) is 0.400. The topological polar surface area (TPSA) is 129 Å². The molecule has 4 heterocycles. The smallest absolute Gasteiger partial charge is 0.493 e. The number of benzene rings is 1. The predicted molar refractivity (Wildman–Crippen MR) is 150 cm³/mol. The van der Waals surface area contributed by atoms with Crippen molar-refractivity contribution in [2.75, 3.05) is 32.8 Å². The van der Waals surface area contributed by atoms with Crippen LogP contribution in [0.3, 0.4) is 0 Å². The van der Waals surface area contributed by atoms with Crippen LogP contribution in [0.5, 0.6) is 5.75 Å². The van der Waals surface area contributed by atoms with E-state index in [-0.39, 0.29) is 30.6 Å². The molecular formula is C30H34N4O7. The molecule has 1 amide bonds. The summed E-state index contributed by atoms with van der Waals surface area (Å²) in [4.78, 5) is 35.0. The van der Waals surface area contributed by atoms with Crippen LogP contribution >= 0.6 is 0 Å². The van der Waals surface area contributed by atoms with Crippen molar-refractivity contribution in [1.82, 2.24) is 20.2 Å². The molecule has 0 spiro atoms. The number of ether oxygens (including phenoxy) is 3. The maximum absolute atomic E-state index is 13.2. The van der Waals surface area contributed by atoms with Gasteiger partial charge < -0.3 is 33.3 Å². The van der Waals surface area contributed by atoms with Gasteiger partial charge in [0.15, 0.2) is 11.5 Å². The number of oxazole rings is 1. The molecule has 216 valence electrons. The number of nitrogens with one attached hydrogen (secondary N) is 1. The molecule has 5 rings (SSSR count). The van der Waals surface area contributed by atoms with Gasteiger partial charge in [0.25, 0.3) is 11.8 Å². The number of amides is 1. The summed E-state index contributed by atoms with van der Waals surface area (Å²) < 4.78 is 28.1. The molecule has 0 radical (unpaired) electrons. The second-order valence-electron chi connectivity index (χ2n) is 9.78. The zero-order valence-corrected chi connectivity index (χ0v) is 23.3. The predicted octanol–water partition coefficient (Wildman–Crippen LogP) is 5.13. The first-order valence-corrected chi connectivity index (χ1v) is 13.9. The van der Waals surface area contributed by atoms with Gasteiger partial charge in [0.05, 0.1) is 25.1 Å². The standard InChI is InChI=1S/C30H34N4O7/c1-3-37-30(36)40-22-9-6-14-34(18-22)29(35)23-19-39-28(33-23)27-20(2)26-24(10-4-11-25(26)41-27)38-15-7-13-32-17-21-8-5-12-31-16-21/h4-5,8,10-12,16,19,22,32H,3,6-7,9,13-15,17-18H2,1-2H3. The average Bonchev–Trinajstić information content (AvgIpc) is 3.60. The largest absolute Gasteiger partial charge is 0.508 e. The fourth-order valence-corrected chi connectivity index (χ4v) is 4.85. The van der Waals surface area contributed by atoms with Crippen molar-refractivity contribution in [3.05, 3.63) is 65.8 Å². The number of carbonyl (C=O) groups is 2. The van der Waals surface area contributed by atoms with Crippen LogP contribution in [0.15, 0.2) is 57.8 Å². The van der Waals surface area contributed by atoms with Gasteiger partial charge in [-0.15, -0.1) is 0 Å². The maximum Gasteiger partial charge on any atom is 0.508 e. The van der Waals surface area contributed by atoms with Crippen molar-refractivity contribution in [2.45, 2.75) is 45.8 Å². The van der Waals surface area contributed by atoms with E-state index in [1.165, 1.54) is 6.26 Å². The number of likely N-dealkylation sites (tertiary alicyclic amines) is 1. The second kappa shape index (κ2) is 13.3. The third-order valence-corrected chi connectivity index (χ3v) is 6.83. The summed E-state index contributed by atoms with van der Waals surface area (Å²) in [5.41, 5.74) is 2.75. The van der Waals surface area contributed by atoms with Crippen molar-refractivity contribution < 1.29 is 32.6 Å². The summed E-state index contributed by atoms with van der Waals surface area (Å²) in [6, 6.07) is 9.61. The second-order valence-corrected chi connectivity index (χ2v) is 9.78. The molecule has 1 saturated heterocycles. The molecule has 11 heteroatoms. The number of carbonyl (C=O) groups excluding carboxylic acids is 2. The first-order valence-electron chi connectivity index (χ1n) is 13.9. The van der Waals surface area contributed by atoms with E-state index in [1.807, 2.05) is 43.5 Å². The highest BCUT2D eigenvalue weighted by atomic mass is 16.7. The van der Waals surface area contributed by atoms with E-state index in [2.05, 4.69) is 15.3 Å². The average molecular weight is 563 g/mol. The first-order chi connectivity index (χ1) is 20.0. The molecule has 1 aromatic carbocycles. The van der Waals surface area contributed by atoms with Crippen LogP contribution in [0.4, 0.5) is 4.79 Å². The SMILES string of the molecule is CCOC(=O)OC1CCCN(C(=O)c2coc(-c3oc4cccc(OCCCNCc5cccnc5)c4c3C)n2)C1. The van der Waals surface area contributed by atoms with Gasteiger partial charge in [0, 0.05) is 31.0 Å². The molecule has 41 heavy (non-hydrogen) atoms. The number of aromatic nitrogens is 2. The Labute approximate surface area is 237 Å². The van der Waals surface area contributed by atoms with Gasteiger partial charge in [-0.3, -0.25) is 9.78 Å². The molecule has 1 unspecified atom stereocenters. The minimum absolute atomic E-state index is 0.159. The van der Waals surface area contributed by atoms with Crippen molar-refractivity contribution in [3.63, 3.8) is 0 Å². The number of piperidine rings is 1. The molecule has 4 aromatic rings. The lowest BCUT2D eigenvalue weighted by atomic mass is 10.1. The van der Waals surface area contributed by atoms with Crippen molar-refractivity contribution in [3.8, 4) is 17.4 Å². The normalized spacial score (nSPS) is 15.2. The Kier molecular flexibility index (Phi) is 9.15. The number of aryl methyl sites for hydroxylation is 1. The molecule has 1 aliphatic rings. The summed E-state index contributed by atoms with van der Waals surface area (Å²) in [6.07, 6.45) is 5.98. The summed E-state index contributed by atoms with van der Waals surface area (Å²) in [5, 5.41) is 4.23. The lowest BCUT2D eigenvalue weighted by Crippen LogP contribution is -2.44. The third kappa shape index (κ3) is 6.86. The Morgan fingerprint density at radius 3 is 2.95 bits per heavy atom. The minimum Gasteiger partial charge on any atom is -0.493 e. The molecule has 0 saturated carbocycles. The number of fused-ring (bicyclic) bond motifs is 1. The Morgan fingerprint density at radius 1 is 1.22 bits per heavy atom. The molecule has 1 atom stereocenters. The Hall–Kier alpha value is -4.38. The zero-order chi connectivity index (χ0) is 28.6. The van der Waals surface area contributed by atoms with Crippen LogP contribution in [-0.2, 0) is 16.0 Å². The van der Waals surface area contributed by atoms with Gasteiger partial charge in [0.1, 0.15) is 23.7 Å². The van der Waals surface area contributed by atoms with Gasteiger partial charge >= 0.3 is 6.16 Å². The fourth-order valence-electron chi connectivity index (χ4n) is 4.85. The highest BCUT2D eigenvalue weighted by molar-refractivity contribution is 5.94. The lowest BCUT2D eigenvalue weighted by Gasteiger charge is -2.31. The van der Waals surface area contributed by atoms with Crippen LogP contribution in [-0.4, -0.2) is 65.9 Å². The highest BCUT2D eigenvalue weighted by Gasteiger charge is 2.30. The van der Waals surface area contributed by atoms with Crippen molar-refractivity contribution >= 4 is 23.0 Å². The van der Waals surface area contributed by atoms with Crippen LogP contribution in [0.25, 0.3) is 22.6 Å². The van der Waals surface area contributed by atoms with E-state index in [9.17, 15) is 9.59 Å². The monoisotopic (exact) mass is 562 g/mol. The zero-order valence-electron chi connectivity index (χ0n) is 23.3. The van der Waals surface area contributed by atoms with Crippen LogP contribution < -0.4 is 10.1 Å². The van der Waals surface area contributed by atoms with E-state index in [0.29, 0.717) is 43.1 Å². The maximum atomic E-state index is 13.2. The first kappa shape index (κ1) is 28.2. The van der Waals surface area contributed by atoms with E-state index in [4.69, 9.17) is 23.0 Å². The lowest BCUT2D eigenvalue weighted by molar-refractivity contribution is -0.00189. The number of furan rings is 1. The summed E-state index contributed by atoms with van der Waals surface area (Å²) >= 11 is 0. The molecule has 1 aliphatic heterocycles. The van der Waals surface area contributed by atoms with E-state index in [0.717, 1.165) is 36.0 Å². The van der Waals surface area contributed by atoms with Crippen LogP contribution in [0, 0.1) is 6.92 Å². The summed E-state index contributed by atoms with van der Waals surface area (Å²) in [6.45, 7) is 6.76. The quantitative estimate of drug-likeness (QED) is 0.194. The molecular weight excluding hydrogens is 528 g/mol. The van der Waals surface area contributed by atoms with Gasteiger partial charge in [-0.1, -0.05) is 12.1 Å². The van der Waals surface area contributed by atoms with E-state index < -0.39 is 12.3 Å². The summed E-state index contributed by atoms with van der Waals surface area (Å²) in [5.74, 6) is 1.07. The molecule has 1 N–H and O–H groups in total. The molecule has 3 aromatic heterocycles. The molecule has 11 nitrogen and oxygen atoms in total. The summed E-state index contributed by atoms with van der Waals surface area (Å²) in [7, 11) is 0. The number of rotatable bonds is 11. The highest BCUT2D eigenvalue weighted by Crippen LogP contribution is 2.38. The van der Waals surface area contributed by atoms with Gasteiger partial charge in [0.2, 0.25) is 0 Å². The van der Waals surface area contributed by atoms with Gasteiger partial charge in [-0.05, 0) is 63.4 Å². The Balaban J connectivity index is 1.20. The number of hydrogen-bond donors (Lipinski definition) is 1. The number of pyridine rings is 1. The van der Waals surface area contributed by atoms with Gasteiger partial charge in [-0.25, -0.2) is 9.78 Å². The van der Waals surface area contributed by atoms with Gasteiger partial charge in [-0.2, -0.15) is 0 Å². The Morgan fingerprint density at radius 2 is 2.12 bits per heavy atom. The van der Waals surface area contributed by atoms with Crippen LogP contribution in [0.2, 0.25) is 0 Å². The van der Waals surface area contributed by atoms with E-state index >= 15 is 0 Å². The van der Waals surface area contributed by atoms with Crippen LogP contribution in [0.1, 0.15) is 47.8 Å². The van der Waals surface area contributed by atoms with Crippen molar-refractivity contribution in [2.24, 2.45) is 0 Å². The number of hydrogen-bond acceptors (Lipinski definition) is 10. The molecule has 0 bridgehead atoms. The Bertz CT molecular complexity index is 1470. The molecule has 1 fully saturated rings.